The molecule has 142 valence electrons. The first-order valence-electron chi connectivity index (χ1n) is 9.86. The Bertz CT molecular complexity index is 965. The maximum absolute atomic E-state index is 11.9. The van der Waals surface area contributed by atoms with Gasteiger partial charge in [0.2, 0.25) is 5.91 Å². The van der Waals surface area contributed by atoms with Crippen LogP contribution in [0.4, 0.5) is 0 Å². The normalized spacial score (nSPS) is 14.7. The Morgan fingerprint density at radius 1 is 0.929 bits per heavy atom. The number of primary amides is 1. The number of pyridine rings is 3. The van der Waals surface area contributed by atoms with Gasteiger partial charge in [-0.15, -0.1) is 0 Å². The molecule has 2 N–H and O–H groups in total. The van der Waals surface area contributed by atoms with Crippen LogP contribution in [0.5, 0.6) is 0 Å². The number of rotatable bonds is 5. The molecule has 28 heavy (non-hydrogen) atoms. The molecule has 0 radical (unpaired) electrons. The van der Waals surface area contributed by atoms with Crippen LogP contribution in [-0.2, 0) is 6.42 Å². The van der Waals surface area contributed by atoms with E-state index in [1.807, 2.05) is 24.4 Å². The summed E-state index contributed by atoms with van der Waals surface area (Å²) in [6.45, 7) is 0. The summed E-state index contributed by atoms with van der Waals surface area (Å²) in [6, 6.07) is 11.3. The first-order valence-corrected chi connectivity index (χ1v) is 9.86. The van der Waals surface area contributed by atoms with E-state index in [0.29, 0.717) is 17.2 Å². The standard InChI is InChI=1S/C23H24N4O/c24-23(28)19-14-21(17-6-9-25-10-7-17)27-22(15-19)18-8-11-26-20(13-18)12-16-4-2-1-3-5-16/h6-11,13-16H,1-5,12H2,(H2,24,28). The van der Waals surface area contributed by atoms with E-state index in [-0.39, 0.29) is 0 Å². The molecule has 0 aromatic carbocycles. The lowest BCUT2D eigenvalue weighted by molar-refractivity contribution is 0.100. The lowest BCUT2D eigenvalue weighted by atomic mass is 9.86. The van der Waals surface area contributed by atoms with Crippen molar-refractivity contribution in [1.82, 2.24) is 15.0 Å². The van der Waals surface area contributed by atoms with Crippen LogP contribution in [0.25, 0.3) is 22.5 Å². The smallest absolute Gasteiger partial charge is 0.248 e. The van der Waals surface area contributed by atoms with Crippen LogP contribution in [-0.4, -0.2) is 20.9 Å². The van der Waals surface area contributed by atoms with E-state index in [1.54, 1.807) is 24.5 Å². The highest BCUT2D eigenvalue weighted by atomic mass is 16.1. The van der Waals surface area contributed by atoms with Crippen LogP contribution in [0.2, 0.25) is 0 Å². The van der Waals surface area contributed by atoms with Gasteiger partial charge < -0.3 is 5.73 Å². The van der Waals surface area contributed by atoms with Gasteiger partial charge in [-0.2, -0.15) is 0 Å². The summed E-state index contributed by atoms with van der Waals surface area (Å²) in [5, 5.41) is 0. The van der Waals surface area contributed by atoms with Crippen LogP contribution >= 0.6 is 0 Å². The van der Waals surface area contributed by atoms with Gasteiger partial charge in [0.05, 0.1) is 11.4 Å². The van der Waals surface area contributed by atoms with Gasteiger partial charge >= 0.3 is 0 Å². The Labute approximate surface area is 165 Å². The van der Waals surface area contributed by atoms with E-state index in [1.165, 1.54) is 32.1 Å². The molecule has 0 spiro atoms. The predicted octanol–water partition coefficient (Wildman–Crippen LogP) is 4.43. The molecule has 5 nitrogen and oxygen atoms in total. The Kier molecular flexibility index (Phi) is 5.42. The second kappa shape index (κ2) is 8.30. The molecule has 1 aliphatic carbocycles. The van der Waals surface area contributed by atoms with Gasteiger partial charge in [-0.25, -0.2) is 4.98 Å². The third kappa shape index (κ3) is 4.25. The predicted molar refractivity (Wildman–Crippen MR) is 109 cm³/mol. The average Bonchev–Trinajstić information content (AvgIpc) is 2.75. The summed E-state index contributed by atoms with van der Waals surface area (Å²) in [7, 11) is 0. The summed E-state index contributed by atoms with van der Waals surface area (Å²) in [5.74, 6) is 0.254. The topological polar surface area (TPSA) is 81.8 Å². The summed E-state index contributed by atoms with van der Waals surface area (Å²) in [4.78, 5) is 25.3. The first-order chi connectivity index (χ1) is 13.7. The third-order valence-electron chi connectivity index (χ3n) is 5.42. The van der Waals surface area contributed by atoms with Crippen molar-refractivity contribution in [3.63, 3.8) is 0 Å². The van der Waals surface area contributed by atoms with Gasteiger partial charge in [-0.05, 0) is 48.7 Å². The molecule has 3 heterocycles. The molecular weight excluding hydrogens is 348 g/mol. The minimum absolute atomic E-state index is 0.447. The number of nitrogens with zero attached hydrogens (tertiary/aromatic N) is 3. The van der Waals surface area contributed by atoms with Gasteiger partial charge in [0, 0.05) is 41.0 Å². The highest BCUT2D eigenvalue weighted by Gasteiger charge is 2.16. The Balaban J connectivity index is 1.69. The SMILES string of the molecule is NC(=O)c1cc(-c2ccncc2)nc(-c2ccnc(CC3CCCCC3)c2)c1. The average molecular weight is 372 g/mol. The number of carbonyl (C=O) groups is 1. The van der Waals surface area contributed by atoms with Crippen molar-refractivity contribution >= 4 is 5.91 Å². The van der Waals surface area contributed by atoms with Crippen molar-refractivity contribution in [2.45, 2.75) is 38.5 Å². The second-order valence-corrected chi connectivity index (χ2v) is 7.47. The van der Waals surface area contributed by atoms with Crippen molar-refractivity contribution < 1.29 is 4.79 Å². The summed E-state index contributed by atoms with van der Waals surface area (Å²) >= 11 is 0. The molecule has 3 aromatic heterocycles. The monoisotopic (exact) mass is 372 g/mol. The van der Waals surface area contributed by atoms with Gasteiger partial charge in [0.25, 0.3) is 0 Å². The van der Waals surface area contributed by atoms with E-state index in [2.05, 4.69) is 16.0 Å². The van der Waals surface area contributed by atoms with Gasteiger partial charge in [-0.1, -0.05) is 32.1 Å². The van der Waals surface area contributed by atoms with E-state index in [9.17, 15) is 4.79 Å². The molecule has 0 atom stereocenters. The lowest BCUT2D eigenvalue weighted by Crippen LogP contribution is -2.12. The summed E-state index contributed by atoms with van der Waals surface area (Å²) < 4.78 is 0. The number of hydrogen-bond donors (Lipinski definition) is 1. The van der Waals surface area contributed by atoms with Crippen molar-refractivity contribution in [3.8, 4) is 22.5 Å². The van der Waals surface area contributed by atoms with Crippen LogP contribution in [0.1, 0.15) is 48.2 Å². The molecular formula is C23H24N4O. The molecule has 4 rings (SSSR count). The van der Waals surface area contributed by atoms with E-state index >= 15 is 0 Å². The first kappa shape index (κ1) is 18.3. The second-order valence-electron chi connectivity index (χ2n) is 7.47. The molecule has 0 saturated heterocycles. The fraction of sp³-hybridized carbons (Fsp3) is 0.304. The molecule has 0 bridgehead atoms. The quantitative estimate of drug-likeness (QED) is 0.718. The Morgan fingerprint density at radius 2 is 1.61 bits per heavy atom. The van der Waals surface area contributed by atoms with Crippen molar-refractivity contribution in [3.05, 3.63) is 66.2 Å². The van der Waals surface area contributed by atoms with Crippen LogP contribution < -0.4 is 5.73 Å². The molecule has 1 fully saturated rings. The molecule has 3 aromatic rings. The maximum atomic E-state index is 11.9. The summed E-state index contributed by atoms with van der Waals surface area (Å²) in [5.41, 5.74) is 10.4. The molecule has 1 amide bonds. The van der Waals surface area contributed by atoms with Crippen LogP contribution in [0, 0.1) is 5.92 Å². The fourth-order valence-corrected chi connectivity index (χ4v) is 3.93. The lowest BCUT2D eigenvalue weighted by Gasteiger charge is -2.21. The highest BCUT2D eigenvalue weighted by molar-refractivity contribution is 5.95. The van der Waals surface area contributed by atoms with Gasteiger partial charge in [0.15, 0.2) is 0 Å². The van der Waals surface area contributed by atoms with E-state index < -0.39 is 5.91 Å². The largest absolute Gasteiger partial charge is 0.366 e. The Morgan fingerprint density at radius 3 is 2.32 bits per heavy atom. The van der Waals surface area contributed by atoms with Crippen LogP contribution in [0.15, 0.2) is 55.0 Å². The molecule has 1 aliphatic rings. The maximum Gasteiger partial charge on any atom is 0.248 e. The van der Waals surface area contributed by atoms with E-state index in [0.717, 1.165) is 28.9 Å². The number of amides is 1. The van der Waals surface area contributed by atoms with E-state index in [4.69, 9.17) is 10.7 Å². The molecule has 5 heteroatoms. The zero-order chi connectivity index (χ0) is 19.3. The zero-order valence-electron chi connectivity index (χ0n) is 15.8. The van der Waals surface area contributed by atoms with Crippen LogP contribution in [0.3, 0.4) is 0 Å². The number of aromatic nitrogens is 3. The number of hydrogen-bond acceptors (Lipinski definition) is 4. The van der Waals surface area contributed by atoms with Crippen molar-refractivity contribution in [2.24, 2.45) is 11.7 Å². The fourth-order valence-electron chi connectivity index (χ4n) is 3.93. The van der Waals surface area contributed by atoms with Crippen molar-refractivity contribution in [2.75, 3.05) is 0 Å². The number of carbonyl (C=O) groups excluding carboxylic acids is 1. The minimum Gasteiger partial charge on any atom is -0.366 e. The van der Waals surface area contributed by atoms with Gasteiger partial charge in [-0.3, -0.25) is 14.8 Å². The number of nitrogens with two attached hydrogens (primary N) is 1. The zero-order valence-corrected chi connectivity index (χ0v) is 15.8. The highest BCUT2D eigenvalue weighted by Crippen LogP contribution is 2.28. The van der Waals surface area contributed by atoms with Gasteiger partial charge in [0.1, 0.15) is 0 Å². The third-order valence-corrected chi connectivity index (χ3v) is 5.42. The van der Waals surface area contributed by atoms with Crippen molar-refractivity contribution in [1.29, 1.82) is 0 Å². The minimum atomic E-state index is -0.463. The molecule has 1 saturated carbocycles. The molecule has 0 aliphatic heterocycles. The Hall–Kier alpha value is -3.08. The summed E-state index contributed by atoms with van der Waals surface area (Å²) in [6.07, 6.45) is 12.8. The molecule has 0 unspecified atom stereocenters.